The van der Waals surface area contributed by atoms with Gasteiger partial charge in [0.25, 0.3) is 0 Å². The summed E-state index contributed by atoms with van der Waals surface area (Å²) in [7, 11) is 0. The molecular weight excluding hydrogens is 351 g/mol. The van der Waals surface area contributed by atoms with Crippen molar-refractivity contribution in [2.24, 2.45) is 0 Å². The molecular formula is C13H7BrClFN2S. The van der Waals surface area contributed by atoms with Crippen LogP contribution in [0.5, 0.6) is 0 Å². The Morgan fingerprint density at radius 2 is 2.05 bits per heavy atom. The van der Waals surface area contributed by atoms with Crippen LogP contribution in [-0.4, -0.2) is 9.55 Å². The number of halogens is 3. The summed E-state index contributed by atoms with van der Waals surface area (Å²) in [6, 6.07) is 10.5. The third kappa shape index (κ3) is 2.12. The Labute approximate surface area is 127 Å². The van der Waals surface area contributed by atoms with Crippen LogP contribution in [0.25, 0.3) is 16.7 Å². The van der Waals surface area contributed by atoms with Gasteiger partial charge in [-0.1, -0.05) is 33.6 Å². The fraction of sp³-hybridized carbons (Fsp3) is 0. The minimum absolute atomic E-state index is 0.0729. The highest BCUT2D eigenvalue weighted by Gasteiger charge is 2.13. The van der Waals surface area contributed by atoms with Gasteiger partial charge in [-0.15, -0.1) is 0 Å². The predicted octanol–water partition coefficient (Wildman–Crippen LogP) is 5.24. The number of nitrogens with zero attached hydrogens (tertiary/aromatic N) is 1. The van der Waals surface area contributed by atoms with E-state index in [1.807, 2.05) is 18.2 Å². The second-order valence-corrected chi connectivity index (χ2v) is 5.71. The maximum atomic E-state index is 14.1. The third-order valence-corrected chi connectivity index (χ3v) is 3.89. The van der Waals surface area contributed by atoms with Gasteiger partial charge in [0, 0.05) is 4.47 Å². The zero-order valence-electron chi connectivity index (χ0n) is 9.45. The van der Waals surface area contributed by atoms with Crippen molar-refractivity contribution in [3.8, 4) is 5.69 Å². The van der Waals surface area contributed by atoms with E-state index in [1.165, 1.54) is 6.07 Å². The van der Waals surface area contributed by atoms with Crippen LogP contribution < -0.4 is 0 Å². The molecule has 0 aliphatic rings. The van der Waals surface area contributed by atoms with Crippen LogP contribution in [-0.2, 0) is 0 Å². The predicted molar refractivity (Wildman–Crippen MR) is 81.1 cm³/mol. The van der Waals surface area contributed by atoms with Gasteiger partial charge in [-0.3, -0.25) is 4.57 Å². The molecule has 1 heterocycles. The summed E-state index contributed by atoms with van der Waals surface area (Å²) in [4.78, 5) is 3.05. The number of nitrogens with one attached hydrogen (secondary N) is 1. The van der Waals surface area contributed by atoms with Gasteiger partial charge in [-0.05, 0) is 42.5 Å². The fourth-order valence-electron chi connectivity index (χ4n) is 1.98. The van der Waals surface area contributed by atoms with Crippen molar-refractivity contribution in [3.05, 3.63) is 56.5 Å². The molecule has 3 aromatic rings. The number of hydrogen-bond acceptors (Lipinski definition) is 1. The highest BCUT2D eigenvalue weighted by atomic mass is 79.9. The van der Waals surface area contributed by atoms with Gasteiger partial charge in [0.05, 0.1) is 21.7 Å². The lowest BCUT2D eigenvalue weighted by Crippen LogP contribution is -1.98. The first-order chi connectivity index (χ1) is 9.08. The maximum Gasteiger partial charge on any atom is 0.182 e. The molecule has 0 amide bonds. The fourth-order valence-corrected chi connectivity index (χ4v) is 2.81. The van der Waals surface area contributed by atoms with Gasteiger partial charge < -0.3 is 4.98 Å². The smallest absolute Gasteiger partial charge is 0.182 e. The summed E-state index contributed by atoms with van der Waals surface area (Å²) in [5.74, 6) is -0.485. The van der Waals surface area contributed by atoms with Gasteiger partial charge in [-0.25, -0.2) is 4.39 Å². The monoisotopic (exact) mass is 356 g/mol. The van der Waals surface area contributed by atoms with Crippen molar-refractivity contribution < 1.29 is 4.39 Å². The molecule has 2 nitrogen and oxygen atoms in total. The molecule has 3 rings (SSSR count). The number of imidazole rings is 1. The average molecular weight is 358 g/mol. The Morgan fingerprint density at radius 1 is 1.26 bits per heavy atom. The molecule has 96 valence electrons. The summed E-state index contributed by atoms with van der Waals surface area (Å²) in [6.45, 7) is 0. The first-order valence-electron chi connectivity index (χ1n) is 5.42. The van der Waals surface area contributed by atoms with Gasteiger partial charge in [0.2, 0.25) is 0 Å². The molecule has 1 aromatic heterocycles. The van der Waals surface area contributed by atoms with Crippen molar-refractivity contribution in [1.29, 1.82) is 0 Å². The van der Waals surface area contributed by atoms with Crippen molar-refractivity contribution in [3.63, 3.8) is 0 Å². The van der Waals surface area contributed by atoms with Gasteiger partial charge in [-0.2, -0.15) is 0 Å². The molecule has 0 saturated carbocycles. The molecule has 0 radical (unpaired) electrons. The van der Waals surface area contributed by atoms with Crippen LogP contribution in [0.2, 0.25) is 5.02 Å². The summed E-state index contributed by atoms with van der Waals surface area (Å²) in [6.07, 6.45) is 0. The lowest BCUT2D eigenvalue weighted by atomic mass is 10.2. The van der Waals surface area contributed by atoms with E-state index >= 15 is 0 Å². The number of rotatable bonds is 1. The second-order valence-electron chi connectivity index (χ2n) is 4.00. The van der Waals surface area contributed by atoms with Crippen LogP contribution in [0, 0.1) is 10.6 Å². The van der Waals surface area contributed by atoms with E-state index in [-0.39, 0.29) is 5.02 Å². The second kappa shape index (κ2) is 4.74. The van der Waals surface area contributed by atoms with Gasteiger partial charge >= 0.3 is 0 Å². The lowest BCUT2D eigenvalue weighted by Gasteiger charge is -2.07. The quantitative estimate of drug-likeness (QED) is 0.590. The van der Waals surface area contributed by atoms with Crippen LogP contribution in [0.15, 0.2) is 40.9 Å². The van der Waals surface area contributed by atoms with Crippen LogP contribution >= 0.6 is 39.7 Å². The molecule has 2 aromatic carbocycles. The molecule has 0 atom stereocenters. The number of fused-ring (bicyclic) bond motifs is 1. The molecule has 0 aliphatic heterocycles. The summed E-state index contributed by atoms with van der Waals surface area (Å²) in [5, 5.41) is 0.0729. The summed E-state index contributed by atoms with van der Waals surface area (Å²) >= 11 is 14.5. The molecule has 1 N–H and O–H groups in total. The number of H-pyrrole nitrogens is 1. The van der Waals surface area contributed by atoms with Crippen molar-refractivity contribution in [2.45, 2.75) is 0 Å². The standard InChI is InChI=1S/C13H7BrClFN2S/c14-7-4-5-9-11(6-7)18(13(19)17-9)10-3-1-2-8(15)12(10)16/h1-6H,(H,17,19). The largest absolute Gasteiger partial charge is 0.330 e. The highest BCUT2D eigenvalue weighted by Crippen LogP contribution is 2.27. The maximum absolute atomic E-state index is 14.1. The molecule has 0 saturated heterocycles. The minimum atomic E-state index is -0.485. The van der Waals surface area contributed by atoms with Crippen molar-refractivity contribution >= 4 is 50.8 Å². The molecule has 19 heavy (non-hydrogen) atoms. The number of hydrogen-bond donors (Lipinski definition) is 1. The minimum Gasteiger partial charge on any atom is -0.330 e. The normalized spacial score (nSPS) is 11.1. The Morgan fingerprint density at radius 3 is 2.84 bits per heavy atom. The summed E-state index contributed by atoms with van der Waals surface area (Å²) in [5.41, 5.74) is 1.97. The molecule has 0 spiro atoms. The Balaban J connectivity index is 2.42. The van der Waals surface area contributed by atoms with E-state index in [9.17, 15) is 4.39 Å². The lowest BCUT2D eigenvalue weighted by molar-refractivity contribution is 0.619. The van der Waals surface area contributed by atoms with E-state index in [0.717, 1.165) is 15.5 Å². The van der Waals surface area contributed by atoms with Gasteiger partial charge in [0.15, 0.2) is 10.6 Å². The van der Waals surface area contributed by atoms with E-state index in [0.29, 0.717) is 10.5 Å². The van der Waals surface area contributed by atoms with Crippen molar-refractivity contribution in [1.82, 2.24) is 9.55 Å². The van der Waals surface area contributed by atoms with Gasteiger partial charge in [0.1, 0.15) is 0 Å². The topological polar surface area (TPSA) is 20.7 Å². The Kier molecular flexibility index (Phi) is 3.20. The molecule has 0 unspecified atom stereocenters. The first kappa shape index (κ1) is 12.8. The zero-order valence-corrected chi connectivity index (χ0v) is 12.6. The van der Waals surface area contributed by atoms with E-state index in [1.54, 1.807) is 16.7 Å². The SMILES string of the molecule is Fc1c(Cl)cccc1-n1c(=S)[nH]c2ccc(Br)cc21. The average Bonchev–Trinajstić information content (AvgIpc) is 2.69. The van der Waals surface area contributed by atoms with Crippen LogP contribution in [0.3, 0.4) is 0 Å². The van der Waals surface area contributed by atoms with Crippen LogP contribution in [0.4, 0.5) is 4.39 Å². The Bertz CT molecular complexity index is 840. The number of aromatic nitrogens is 2. The number of benzene rings is 2. The third-order valence-electron chi connectivity index (χ3n) is 2.82. The van der Waals surface area contributed by atoms with Crippen molar-refractivity contribution in [2.75, 3.05) is 0 Å². The molecule has 0 aliphatic carbocycles. The van der Waals surface area contributed by atoms with E-state index in [4.69, 9.17) is 23.8 Å². The zero-order chi connectivity index (χ0) is 13.6. The Hall–Kier alpha value is -1.17. The van der Waals surface area contributed by atoms with E-state index < -0.39 is 5.82 Å². The number of aromatic amines is 1. The molecule has 0 bridgehead atoms. The molecule has 0 fully saturated rings. The first-order valence-corrected chi connectivity index (χ1v) is 7.00. The van der Waals surface area contributed by atoms with Crippen LogP contribution in [0.1, 0.15) is 0 Å². The molecule has 6 heteroatoms. The van der Waals surface area contributed by atoms with E-state index in [2.05, 4.69) is 20.9 Å². The summed E-state index contributed by atoms with van der Waals surface area (Å²) < 4.78 is 17.1. The highest BCUT2D eigenvalue weighted by molar-refractivity contribution is 9.10.